The lowest BCUT2D eigenvalue weighted by Gasteiger charge is -2.11. The molecule has 3 rings (SSSR count). The van der Waals surface area contributed by atoms with Crippen LogP contribution in [0.25, 0.3) is 11.1 Å². The Morgan fingerprint density at radius 3 is 2.36 bits per heavy atom. The van der Waals surface area contributed by atoms with Gasteiger partial charge in [0.25, 0.3) is 5.91 Å². The Labute approximate surface area is 168 Å². The van der Waals surface area contributed by atoms with E-state index in [-0.39, 0.29) is 18.3 Å². The van der Waals surface area contributed by atoms with Gasteiger partial charge in [0.05, 0.1) is 5.75 Å². The van der Waals surface area contributed by atoms with Crippen molar-refractivity contribution in [2.24, 2.45) is 0 Å². The molecule has 5 heteroatoms. The molecule has 1 amide bonds. The van der Waals surface area contributed by atoms with Gasteiger partial charge in [-0.2, -0.15) is 0 Å². The number of ether oxygens (including phenoxy) is 1. The summed E-state index contributed by atoms with van der Waals surface area (Å²) in [5.74, 6) is -0.615. The molecule has 3 aromatic carbocycles. The second-order valence-corrected chi connectivity index (χ2v) is 7.19. The van der Waals surface area contributed by atoms with Crippen molar-refractivity contribution in [3.63, 3.8) is 0 Å². The van der Waals surface area contributed by atoms with Gasteiger partial charge in [0.1, 0.15) is 0 Å². The molecule has 142 valence electrons. The number of benzene rings is 3. The average molecular weight is 391 g/mol. The number of carbonyl (C=O) groups is 2. The average Bonchev–Trinajstić information content (AvgIpc) is 2.73. The molecule has 0 atom stereocenters. The molecule has 0 fully saturated rings. The van der Waals surface area contributed by atoms with Gasteiger partial charge in [-0.15, -0.1) is 11.8 Å². The van der Waals surface area contributed by atoms with Gasteiger partial charge < -0.3 is 10.1 Å². The molecule has 0 bridgehead atoms. The molecule has 0 aliphatic carbocycles. The number of rotatable bonds is 7. The first-order chi connectivity index (χ1) is 13.6. The van der Waals surface area contributed by atoms with Gasteiger partial charge in [-0.05, 0) is 30.2 Å². The number of amides is 1. The number of thioether (sulfide) groups is 1. The molecule has 0 saturated carbocycles. The Morgan fingerprint density at radius 2 is 1.57 bits per heavy atom. The minimum atomic E-state index is -0.417. The van der Waals surface area contributed by atoms with E-state index in [0.29, 0.717) is 5.69 Å². The number of nitrogens with one attached hydrogen (secondary N) is 1. The van der Waals surface area contributed by atoms with Crippen molar-refractivity contribution >= 4 is 29.3 Å². The number of hydrogen-bond acceptors (Lipinski definition) is 4. The summed E-state index contributed by atoms with van der Waals surface area (Å²) < 4.78 is 5.11. The van der Waals surface area contributed by atoms with Crippen molar-refractivity contribution in [3.05, 3.63) is 84.4 Å². The second kappa shape index (κ2) is 9.76. The van der Waals surface area contributed by atoms with Crippen LogP contribution in [0.4, 0.5) is 5.69 Å². The van der Waals surface area contributed by atoms with Gasteiger partial charge in [0.2, 0.25) is 0 Å². The number of hydrogen-bond donors (Lipinski definition) is 1. The lowest BCUT2D eigenvalue weighted by atomic mass is 10.0. The Hall–Kier alpha value is -3.05. The molecule has 0 saturated heterocycles. The van der Waals surface area contributed by atoms with Gasteiger partial charge in [-0.25, -0.2) is 0 Å². The second-order valence-electron chi connectivity index (χ2n) is 6.17. The van der Waals surface area contributed by atoms with Crippen LogP contribution < -0.4 is 5.32 Å². The fourth-order valence-electron chi connectivity index (χ4n) is 2.69. The van der Waals surface area contributed by atoms with E-state index >= 15 is 0 Å². The number of anilines is 1. The summed E-state index contributed by atoms with van der Waals surface area (Å²) in [4.78, 5) is 25.2. The summed E-state index contributed by atoms with van der Waals surface area (Å²) in [7, 11) is 0. The summed E-state index contributed by atoms with van der Waals surface area (Å²) in [5.41, 5.74) is 3.71. The molecule has 4 nitrogen and oxygen atoms in total. The Balaban J connectivity index is 1.52. The van der Waals surface area contributed by atoms with Gasteiger partial charge >= 0.3 is 5.97 Å². The smallest absolute Gasteiger partial charge is 0.316 e. The predicted molar refractivity (Wildman–Crippen MR) is 113 cm³/mol. The van der Waals surface area contributed by atoms with Crippen LogP contribution in [-0.2, 0) is 14.3 Å². The highest BCUT2D eigenvalue weighted by Crippen LogP contribution is 2.27. The monoisotopic (exact) mass is 391 g/mol. The third kappa shape index (κ3) is 5.47. The molecule has 0 unspecified atom stereocenters. The Kier molecular flexibility index (Phi) is 6.87. The lowest BCUT2D eigenvalue weighted by Crippen LogP contribution is -2.22. The SMILES string of the molecule is Cc1ccccc1SCC(=O)OCC(=O)Nc1ccccc1-c1ccccc1. The van der Waals surface area contributed by atoms with Crippen LogP contribution in [0.1, 0.15) is 5.56 Å². The molecule has 0 heterocycles. The van der Waals surface area contributed by atoms with Crippen LogP contribution in [-0.4, -0.2) is 24.2 Å². The van der Waals surface area contributed by atoms with E-state index in [2.05, 4.69) is 5.32 Å². The van der Waals surface area contributed by atoms with E-state index in [1.54, 1.807) is 0 Å². The standard InChI is InChI=1S/C23H21NO3S/c1-17-9-5-8-14-21(17)28-16-23(26)27-15-22(25)24-20-13-7-6-12-19(20)18-10-3-2-4-11-18/h2-14H,15-16H2,1H3,(H,24,25). The third-order valence-corrected chi connectivity index (χ3v) is 5.24. The van der Waals surface area contributed by atoms with E-state index in [1.807, 2.05) is 85.8 Å². The molecule has 3 aromatic rings. The van der Waals surface area contributed by atoms with Crippen molar-refractivity contribution in [1.29, 1.82) is 0 Å². The van der Waals surface area contributed by atoms with Crippen molar-refractivity contribution in [2.75, 3.05) is 17.7 Å². The highest BCUT2D eigenvalue weighted by Gasteiger charge is 2.11. The summed E-state index contributed by atoms with van der Waals surface area (Å²) in [6.07, 6.45) is 0. The minimum Gasteiger partial charge on any atom is -0.455 e. The maximum absolute atomic E-state index is 12.2. The van der Waals surface area contributed by atoms with E-state index in [9.17, 15) is 9.59 Å². The maximum Gasteiger partial charge on any atom is 0.316 e. The number of para-hydroxylation sites is 1. The largest absolute Gasteiger partial charge is 0.455 e. The zero-order valence-corrected chi connectivity index (χ0v) is 16.4. The molecule has 28 heavy (non-hydrogen) atoms. The number of carbonyl (C=O) groups excluding carboxylic acids is 2. The van der Waals surface area contributed by atoms with Crippen LogP contribution in [0.15, 0.2) is 83.8 Å². The third-order valence-electron chi connectivity index (χ3n) is 4.09. The highest BCUT2D eigenvalue weighted by atomic mass is 32.2. The van der Waals surface area contributed by atoms with Crippen molar-refractivity contribution < 1.29 is 14.3 Å². The predicted octanol–water partition coefficient (Wildman–Crippen LogP) is 4.94. The molecule has 0 radical (unpaired) electrons. The summed E-state index contributed by atoms with van der Waals surface area (Å²) >= 11 is 1.40. The van der Waals surface area contributed by atoms with Crippen LogP contribution in [0.2, 0.25) is 0 Å². The van der Waals surface area contributed by atoms with Crippen molar-refractivity contribution in [2.45, 2.75) is 11.8 Å². The Morgan fingerprint density at radius 1 is 0.893 bits per heavy atom. The first kappa shape index (κ1) is 19.7. The Bertz CT molecular complexity index is 957. The van der Waals surface area contributed by atoms with Crippen molar-refractivity contribution in [1.82, 2.24) is 0 Å². The normalized spacial score (nSPS) is 10.3. The van der Waals surface area contributed by atoms with Crippen LogP contribution >= 0.6 is 11.8 Å². The first-order valence-corrected chi connectivity index (χ1v) is 9.90. The van der Waals surface area contributed by atoms with Gasteiger partial charge in [0.15, 0.2) is 6.61 Å². The molecule has 0 spiro atoms. The fraction of sp³-hybridized carbons (Fsp3) is 0.130. The number of aryl methyl sites for hydroxylation is 1. The highest BCUT2D eigenvalue weighted by molar-refractivity contribution is 8.00. The van der Waals surface area contributed by atoms with Gasteiger partial charge in [-0.1, -0.05) is 66.7 Å². The zero-order valence-electron chi connectivity index (χ0n) is 15.6. The zero-order chi connectivity index (χ0) is 19.8. The summed E-state index contributed by atoms with van der Waals surface area (Å²) in [6.45, 7) is 1.68. The number of esters is 1. The topological polar surface area (TPSA) is 55.4 Å². The summed E-state index contributed by atoms with van der Waals surface area (Å²) in [5, 5.41) is 2.82. The van der Waals surface area contributed by atoms with Crippen LogP contribution in [0.3, 0.4) is 0 Å². The van der Waals surface area contributed by atoms with E-state index in [4.69, 9.17) is 4.74 Å². The van der Waals surface area contributed by atoms with Gasteiger partial charge in [-0.3, -0.25) is 9.59 Å². The van der Waals surface area contributed by atoms with E-state index < -0.39 is 5.97 Å². The van der Waals surface area contributed by atoms with Crippen LogP contribution in [0, 0.1) is 6.92 Å². The quantitative estimate of drug-likeness (QED) is 0.458. The molecule has 0 aliphatic heterocycles. The molecule has 1 N–H and O–H groups in total. The fourth-order valence-corrected chi connectivity index (χ4v) is 3.52. The first-order valence-electron chi connectivity index (χ1n) is 8.92. The summed E-state index contributed by atoms with van der Waals surface area (Å²) in [6, 6.07) is 25.2. The van der Waals surface area contributed by atoms with Crippen LogP contribution in [0.5, 0.6) is 0 Å². The maximum atomic E-state index is 12.2. The molecule has 0 aromatic heterocycles. The molecular weight excluding hydrogens is 370 g/mol. The van der Waals surface area contributed by atoms with E-state index in [1.165, 1.54) is 11.8 Å². The molecule has 0 aliphatic rings. The van der Waals surface area contributed by atoms with Crippen molar-refractivity contribution in [3.8, 4) is 11.1 Å². The molecular formula is C23H21NO3S. The minimum absolute atomic E-state index is 0.165. The lowest BCUT2D eigenvalue weighted by molar-refractivity contribution is -0.144. The van der Waals surface area contributed by atoms with E-state index in [0.717, 1.165) is 21.6 Å². The van der Waals surface area contributed by atoms with Gasteiger partial charge in [0, 0.05) is 16.1 Å².